The molecule has 1 fully saturated rings. The molecular formula is C11H14O2S2. The van der Waals surface area contributed by atoms with Crippen molar-refractivity contribution in [2.24, 2.45) is 0 Å². The minimum absolute atomic E-state index is 0.199. The van der Waals surface area contributed by atoms with Crippen molar-refractivity contribution >= 4 is 28.9 Å². The van der Waals surface area contributed by atoms with E-state index in [1.165, 1.54) is 11.3 Å². The molecule has 1 atom stereocenters. The molecule has 0 aliphatic carbocycles. The number of hydrogen-bond donors (Lipinski definition) is 0. The summed E-state index contributed by atoms with van der Waals surface area (Å²) >= 11 is 3.26. The molecule has 1 saturated heterocycles. The van der Waals surface area contributed by atoms with Gasteiger partial charge in [-0.3, -0.25) is 4.79 Å². The van der Waals surface area contributed by atoms with E-state index in [1.807, 2.05) is 11.4 Å². The van der Waals surface area contributed by atoms with Crippen LogP contribution in [0.25, 0.3) is 0 Å². The molecule has 2 rings (SSSR count). The highest BCUT2D eigenvalue weighted by atomic mass is 32.2. The molecule has 1 aliphatic heterocycles. The standard InChI is InChI=1S/C11H14O2S2/c1-11(4-3-5-15-11)10(12)9-6-8(13-2)7-14-9/h6-7H,3-5H2,1-2H3. The Morgan fingerprint density at radius 2 is 2.40 bits per heavy atom. The zero-order valence-corrected chi connectivity index (χ0v) is 10.5. The molecule has 0 bridgehead atoms. The first-order valence-corrected chi connectivity index (χ1v) is 6.83. The number of Topliss-reactive ketones (excluding diaryl/α,β-unsaturated/α-hetero) is 1. The van der Waals surface area contributed by atoms with Gasteiger partial charge in [-0.15, -0.1) is 23.1 Å². The second kappa shape index (κ2) is 4.18. The van der Waals surface area contributed by atoms with Gasteiger partial charge < -0.3 is 4.74 Å². The van der Waals surface area contributed by atoms with Crippen LogP contribution in [0.4, 0.5) is 0 Å². The van der Waals surface area contributed by atoms with Crippen molar-refractivity contribution in [3.63, 3.8) is 0 Å². The number of ether oxygens (including phenoxy) is 1. The molecule has 0 radical (unpaired) electrons. The number of carbonyl (C=O) groups excluding carboxylic acids is 1. The minimum Gasteiger partial charge on any atom is -0.496 e. The second-order valence-corrected chi connectivity index (χ2v) is 6.37. The van der Waals surface area contributed by atoms with Gasteiger partial charge in [0, 0.05) is 11.4 Å². The molecule has 82 valence electrons. The Morgan fingerprint density at radius 1 is 1.60 bits per heavy atom. The minimum atomic E-state index is -0.199. The Kier molecular flexibility index (Phi) is 3.07. The summed E-state index contributed by atoms with van der Waals surface area (Å²) in [5.74, 6) is 2.15. The third-order valence-corrected chi connectivity index (χ3v) is 5.16. The summed E-state index contributed by atoms with van der Waals surface area (Å²) < 4.78 is 4.89. The fraction of sp³-hybridized carbons (Fsp3) is 0.545. The second-order valence-electron chi connectivity index (χ2n) is 3.86. The molecule has 1 aliphatic rings. The summed E-state index contributed by atoms with van der Waals surface area (Å²) in [7, 11) is 1.63. The number of methoxy groups -OCH3 is 1. The van der Waals surface area contributed by atoms with Crippen molar-refractivity contribution in [1.82, 2.24) is 0 Å². The maximum Gasteiger partial charge on any atom is 0.188 e. The summed E-state index contributed by atoms with van der Waals surface area (Å²) in [4.78, 5) is 13.1. The maximum absolute atomic E-state index is 12.2. The van der Waals surface area contributed by atoms with Crippen LogP contribution in [0.3, 0.4) is 0 Å². The largest absolute Gasteiger partial charge is 0.496 e. The highest BCUT2D eigenvalue weighted by Crippen LogP contribution is 2.41. The first kappa shape index (κ1) is 11.0. The van der Waals surface area contributed by atoms with Crippen LogP contribution in [0, 0.1) is 0 Å². The SMILES string of the molecule is COc1csc(C(=O)C2(C)CCCS2)c1. The normalized spacial score (nSPS) is 25.5. The fourth-order valence-electron chi connectivity index (χ4n) is 1.76. The van der Waals surface area contributed by atoms with Gasteiger partial charge in [-0.2, -0.15) is 0 Å². The summed E-state index contributed by atoms with van der Waals surface area (Å²) in [6.07, 6.45) is 2.14. The molecule has 15 heavy (non-hydrogen) atoms. The molecule has 0 spiro atoms. The lowest BCUT2D eigenvalue weighted by molar-refractivity contribution is 0.0953. The van der Waals surface area contributed by atoms with Crippen LogP contribution >= 0.6 is 23.1 Å². The third kappa shape index (κ3) is 2.06. The summed E-state index contributed by atoms with van der Waals surface area (Å²) in [6.45, 7) is 2.05. The number of hydrogen-bond acceptors (Lipinski definition) is 4. The molecule has 1 unspecified atom stereocenters. The molecule has 2 nitrogen and oxygen atoms in total. The van der Waals surface area contributed by atoms with Gasteiger partial charge in [0.15, 0.2) is 5.78 Å². The van der Waals surface area contributed by atoms with E-state index in [9.17, 15) is 4.79 Å². The predicted octanol–water partition coefficient (Wildman–Crippen LogP) is 3.23. The summed E-state index contributed by atoms with van der Waals surface area (Å²) in [5, 5.41) is 1.89. The summed E-state index contributed by atoms with van der Waals surface area (Å²) in [6, 6.07) is 1.84. The van der Waals surface area contributed by atoms with E-state index in [-0.39, 0.29) is 10.5 Å². The van der Waals surface area contributed by atoms with Crippen LogP contribution in [-0.4, -0.2) is 23.4 Å². The van der Waals surface area contributed by atoms with Crippen molar-refractivity contribution < 1.29 is 9.53 Å². The highest BCUT2D eigenvalue weighted by Gasteiger charge is 2.38. The fourth-order valence-corrected chi connectivity index (χ4v) is 4.02. The van der Waals surface area contributed by atoms with Gasteiger partial charge in [-0.05, 0) is 25.5 Å². The first-order chi connectivity index (χ1) is 7.15. The van der Waals surface area contributed by atoms with E-state index in [4.69, 9.17) is 4.74 Å². The first-order valence-electron chi connectivity index (χ1n) is 4.97. The molecule has 1 aromatic heterocycles. The van der Waals surface area contributed by atoms with Gasteiger partial charge in [0.05, 0.1) is 16.7 Å². The molecule has 0 saturated carbocycles. The molecule has 4 heteroatoms. The number of ketones is 1. The van der Waals surface area contributed by atoms with Crippen molar-refractivity contribution in [3.8, 4) is 5.75 Å². The van der Waals surface area contributed by atoms with Gasteiger partial charge in [0.1, 0.15) is 5.75 Å². The maximum atomic E-state index is 12.2. The number of thiophene rings is 1. The van der Waals surface area contributed by atoms with Crippen molar-refractivity contribution in [2.45, 2.75) is 24.5 Å². The monoisotopic (exact) mass is 242 g/mol. The Hall–Kier alpha value is -0.480. The van der Waals surface area contributed by atoms with E-state index in [2.05, 4.69) is 6.92 Å². The van der Waals surface area contributed by atoms with E-state index in [0.717, 1.165) is 29.2 Å². The molecule has 1 aromatic rings. The van der Waals surface area contributed by atoms with Gasteiger partial charge in [0.2, 0.25) is 0 Å². The lowest BCUT2D eigenvalue weighted by Gasteiger charge is -2.19. The quantitative estimate of drug-likeness (QED) is 0.761. The zero-order valence-electron chi connectivity index (χ0n) is 8.91. The Morgan fingerprint density at radius 3 is 2.93 bits per heavy atom. The van der Waals surface area contributed by atoms with Crippen LogP contribution in [0.1, 0.15) is 29.4 Å². The Labute approximate surface area is 98.0 Å². The highest BCUT2D eigenvalue weighted by molar-refractivity contribution is 8.01. The van der Waals surface area contributed by atoms with E-state index in [1.54, 1.807) is 18.9 Å². The molecule has 2 heterocycles. The van der Waals surface area contributed by atoms with Gasteiger partial charge in [0.25, 0.3) is 0 Å². The van der Waals surface area contributed by atoms with Gasteiger partial charge in [-0.1, -0.05) is 0 Å². The third-order valence-electron chi connectivity index (χ3n) is 2.73. The van der Waals surface area contributed by atoms with Gasteiger partial charge >= 0.3 is 0 Å². The number of thioether (sulfide) groups is 1. The number of rotatable bonds is 3. The van der Waals surface area contributed by atoms with Crippen molar-refractivity contribution in [2.75, 3.05) is 12.9 Å². The average Bonchev–Trinajstić information content (AvgIpc) is 2.85. The van der Waals surface area contributed by atoms with E-state index >= 15 is 0 Å². The number of carbonyl (C=O) groups is 1. The average molecular weight is 242 g/mol. The molecule has 0 amide bonds. The Bertz CT molecular complexity index is 364. The van der Waals surface area contributed by atoms with Crippen molar-refractivity contribution in [3.05, 3.63) is 16.3 Å². The van der Waals surface area contributed by atoms with E-state index in [0.29, 0.717) is 0 Å². The van der Waals surface area contributed by atoms with Gasteiger partial charge in [-0.25, -0.2) is 0 Å². The molecular weight excluding hydrogens is 228 g/mol. The predicted molar refractivity (Wildman–Crippen MR) is 65.3 cm³/mol. The lowest BCUT2D eigenvalue weighted by Crippen LogP contribution is -2.27. The van der Waals surface area contributed by atoms with Crippen molar-refractivity contribution in [1.29, 1.82) is 0 Å². The molecule has 0 aromatic carbocycles. The lowest BCUT2D eigenvalue weighted by atomic mass is 9.99. The molecule has 0 N–H and O–H groups in total. The van der Waals surface area contributed by atoms with Crippen LogP contribution in [-0.2, 0) is 0 Å². The van der Waals surface area contributed by atoms with E-state index < -0.39 is 0 Å². The van der Waals surface area contributed by atoms with Crippen LogP contribution in [0.2, 0.25) is 0 Å². The summed E-state index contributed by atoms with van der Waals surface area (Å²) in [5.41, 5.74) is 0. The topological polar surface area (TPSA) is 26.3 Å². The van der Waals surface area contributed by atoms with Crippen LogP contribution in [0.5, 0.6) is 5.75 Å². The Balaban J connectivity index is 2.19. The smallest absolute Gasteiger partial charge is 0.188 e. The van der Waals surface area contributed by atoms with Crippen LogP contribution in [0.15, 0.2) is 11.4 Å². The zero-order chi connectivity index (χ0) is 10.9. The van der Waals surface area contributed by atoms with Crippen LogP contribution < -0.4 is 4.74 Å².